The molecule has 0 aliphatic carbocycles. The summed E-state index contributed by atoms with van der Waals surface area (Å²) < 4.78 is 0. The van der Waals surface area contributed by atoms with Crippen LogP contribution in [-0.2, 0) is 0 Å². The van der Waals surface area contributed by atoms with E-state index in [1.165, 1.54) is 0 Å². The number of fused-ring (bicyclic) bond motifs is 1. The van der Waals surface area contributed by atoms with Crippen molar-refractivity contribution < 1.29 is 0 Å². The highest BCUT2D eigenvalue weighted by Crippen LogP contribution is 1.73. The van der Waals surface area contributed by atoms with Gasteiger partial charge in [0.25, 0.3) is 0 Å². The van der Waals surface area contributed by atoms with Gasteiger partial charge in [0, 0.05) is 17.6 Å². The molecule has 11 heavy (non-hydrogen) atoms. The van der Waals surface area contributed by atoms with E-state index in [0.717, 1.165) is 16.3 Å². The fourth-order valence-electron chi connectivity index (χ4n) is 1.02. The highest BCUT2D eigenvalue weighted by Gasteiger charge is 1.95. The summed E-state index contributed by atoms with van der Waals surface area (Å²) in [6, 6.07) is 0. The molecule has 0 aromatic carbocycles. The number of aryl methyl sites for hydroxylation is 1. The van der Waals surface area contributed by atoms with Crippen LogP contribution in [0.4, 0.5) is 0 Å². The number of hydrogen-bond acceptors (Lipinski definition) is 4. The predicted molar refractivity (Wildman–Crippen MR) is 41.2 cm³/mol. The fourth-order valence-corrected chi connectivity index (χ4v) is 1.02. The third-order valence-electron chi connectivity index (χ3n) is 1.62. The summed E-state index contributed by atoms with van der Waals surface area (Å²) in [6.45, 7) is 1.96. The van der Waals surface area contributed by atoms with E-state index in [1.54, 1.807) is 6.33 Å². The molecule has 2 rings (SSSR count). The van der Waals surface area contributed by atoms with Crippen LogP contribution < -0.4 is 21.4 Å². The molecule has 4 nitrogen and oxygen atoms in total. The van der Waals surface area contributed by atoms with Crippen LogP contribution in [0.2, 0.25) is 0 Å². The first kappa shape index (κ1) is 6.15. The minimum atomic E-state index is 0.927. The first-order valence-electron chi connectivity index (χ1n) is 3.37. The lowest BCUT2D eigenvalue weighted by molar-refractivity contribution is 0.827. The van der Waals surface area contributed by atoms with Crippen molar-refractivity contribution >= 4 is 12.4 Å². The van der Waals surface area contributed by atoms with Crippen molar-refractivity contribution in [2.75, 3.05) is 0 Å². The van der Waals surface area contributed by atoms with Crippen molar-refractivity contribution in [2.24, 2.45) is 0 Å². The lowest BCUT2D eigenvalue weighted by atomic mass is 10.3. The Morgan fingerprint density at radius 2 is 2.00 bits per heavy atom. The van der Waals surface area contributed by atoms with E-state index in [4.69, 9.17) is 0 Å². The molecule has 0 radical (unpaired) electrons. The van der Waals surface area contributed by atoms with E-state index < -0.39 is 0 Å². The first-order valence-corrected chi connectivity index (χ1v) is 3.37. The van der Waals surface area contributed by atoms with E-state index in [0.29, 0.717) is 0 Å². The molecular weight excluding hydrogens is 140 g/mol. The van der Waals surface area contributed by atoms with Crippen LogP contribution >= 0.6 is 0 Å². The summed E-state index contributed by atoms with van der Waals surface area (Å²) in [5.74, 6) is 0. The standard InChI is InChI=1S/C7H8N4/c1-5-6-2-10-11-3-7(6)9-4-8-5/h2-4,10-11H,1H3. The Morgan fingerprint density at radius 3 is 2.82 bits per heavy atom. The van der Waals surface area contributed by atoms with Gasteiger partial charge in [-0.25, -0.2) is 9.97 Å². The van der Waals surface area contributed by atoms with Crippen molar-refractivity contribution in [1.29, 1.82) is 0 Å². The number of hydrazine groups is 1. The third kappa shape index (κ3) is 0.920. The van der Waals surface area contributed by atoms with Crippen molar-refractivity contribution in [3.8, 4) is 0 Å². The molecule has 0 fully saturated rings. The van der Waals surface area contributed by atoms with Crippen LogP contribution in [-0.4, -0.2) is 9.97 Å². The van der Waals surface area contributed by atoms with Gasteiger partial charge in [-0.2, -0.15) is 0 Å². The Bertz CT molecular complexity index is 382. The lowest BCUT2D eigenvalue weighted by Crippen LogP contribution is -2.42. The second-order valence-electron chi connectivity index (χ2n) is 2.34. The monoisotopic (exact) mass is 148 g/mol. The molecule has 1 aromatic heterocycles. The SMILES string of the molecule is Cc1ncnc2c1=CNNC=2. The highest BCUT2D eigenvalue weighted by molar-refractivity contribution is 5.32. The number of aromatic nitrogens is 2. The predicted octanol–water partition coefficient (Wildman–Crippen LogP) is -1.63. The molecule has 2 N–H and O–H groups in total. The van der Waals surface area contributed by atoms with Crippen LogP contribution in [0.3, 0.4) is 0 Å². The van der Waals surface area contributed by atoms with Gasteiger partial charge in [-0.1, -0.05) is 0 Å². The summed E-state index contributed by atoms with van der Waals surface area (Å²) in [5.41, 5.74) is 6.70. The van der Waals surface area contributed by atoms with E-state index in [2.05, 4.69) is 20.8 Å². The summed E-state index contributed by atoms with van der Waals surface area (Å²) in [6.07, 6.45) is 5.22. The van der Waals surface area contributed by atoms with Crippen molar-refractivity contribution in [1.82, 2.24) is 20.8 Å². The number of hydrogen-bond donors (Lipinski definition) is 2. The molecule has 4 heteroatoms. The maximum atomic E-state index is 4.08. The summed E-state index contributed by atoms with van der Waals surface area (Å²) in [7, 11) is 0. The molecule has 0 saturated heterocycles. The van der Waals surface area contributed by atoms with Crippen LogP contribution in [0, 0.1) is 6.92 Å². The third-order valence-corrected chi connectivity index (χ3v) is 1.62. The van der Waals surface area contributed by atoms with Gasteiger partial charge < -0.3 is 10.9 Å². The Labute approximate surface area is 63.7 Å². The molecule has 56 valence electrons. The zero-order chi connectivity index (χ0) is 7.68. The molecule has 0 bridgehead atoms. The van der Waals surface area contributed by atoms with Gasteiger partial charge in [0.15, 0.2) is 0 Å². The van der Waals surface area contributed by atoms with Gasteiger partial charge in [0.05, 0.1) is 11.0 Å². The van der Waals surface area contributed by atoms with Crippen molar-refractivity contribution in [3.05, 3.63) is 22.6 Å². The average Bonchev–Trinajstić information content (AvgIpc) is 2.06. The quantitative estimate of drug-likeness (QED) is 0.464. The first-order chi connectivity index (χ1) is 5.38. The lowest BCUT2D eigenvalue weighted by Gasteiger charge is -2.04. The Balaban J connectivity index is 2.88. The van der Waals surface area contributed by atoms with Crippen molar-refractivity contribution in [2.45, 2.75) is 6.92 Å². The summed E-state index contributed by atoms with van der Waals surface area (Å²) >= 11 is 0. The second kappa shape index (κ2) is 2.23. The van der Waals surface area contributed by atoms with Gasteiger partial charge in [0.1, 0.15) is 6.33 Å². The minimum Gasteiger partial charge on any atom is -0.308 e. The molecule has 1 aromatic rings. The smallest absolute Gasteiger partial charge is 0.116 e. The zero-order valence-electron chi connectivity index (χ0n) is 6.13. The molecule has 1 aliphatic rings. The van der Waals surface area contributed by atoms with Gasteiger partial charge in [0.2, 0.25) is 0 Å². The number of rotatable bonds is 0. The average molecular weight is 148 g/mol. The van der Waals surface area contributed by atoms with Crippen molar-refractivity contribution in [3.63, 3.8) is 0 Å². The van der Waals surface area contributed by atoms with E-state index in [1.807, 2.05) is 19.3 Å². The molecule has 0 atom stereocenters. The fraction of sp³-hybridized carbons (Fsp3) is 0.143. The molecule has 2 heterocycles. The summed E-state index contributed by atoms with van der Waals surface area (Å²) in [5, 5.41) is 1.97. The largest absolute Gasteiger partial charge is 0.308 e. The van der Waals surface area contributed by atoms with Crippen LogP contribution in [0.15, 0.2) is 6.33 Å². The van der Waals surface area contributed by atoms with Crippen LogP contribution in [0.25, 0.3) is 12.4 Å². The maximum Gasteiger partial charge on any atom is 0.116 e. The summed E-state index contributed by atoms with van der Waals surface area (Å²) in [4.78, 5) is 8.14. The maximum absolute atomic E-state index is 4.08. The van der Waals surface area contributed by atoms with E-state index in [9.17, 15) is 0 Å². The number of nitrogens with zero attached hydrogens (tertiary/aromatic N) is 2. The molecule has 0 spiro atoms. The topological polar surface area (TPSA) is 49.8 Å². The normalized spacial score (nSPS) is 13.2. The Kier molecular flexibility index (Phi) is 1.25. The number of nitrogens with one attached hydrogen (secondary N) is 2. The second-order valence-corrected chi connectivity index (χ2v) is 2.34. The molecule has 1 aliphatic heterocycles. The molecule has 0 saturated carbocycles. The van der Waals surface area contributed by atoms with E-state index in [-0.39, 0.29) is 0 Å². The van der Waals surface area contributed by atoms with Gasteiger partial charge in [-0.3, -0.25) is 0 Å². The van der Waals surface area contributed by atoms with E-state index >= 15 is 0 Å². The minimum absolute atomic E-state index is 0.927. The zero-order valence-corrected chi connectivity index (χ0v) is 6.13. The Morgan fingerprint density at radius 1 is 1.18 bits per heavy atom. The highest BCUT2D eigenvalue weighted by atomic mass is 15.3. The van der Waals surface area contributed by atoms with Crippen LogP contribution in [0.5, 0.6) is 0 Å². The molecule has 0 unspecified atom stereocenters. The molecule has 0 amide bonds. The molecular formula is C7H8N4. The van der Waals surface area contributed by atoms with Gasteiger partial charge in [-0.05, 0) is 6.92 Å². The van der Waals surface area contributed by atoms with Gasteiger partial charge >= 0.3 is 0 Å². The van der Waals surface area contributed by atoms with Crippen LogP contribution in [0.1, 0.15) is 5.69 Å². The van der Waals surface area contributed by atoms with Gasteiger partial charge in [-0.15, -0.1) is 0 Å². The Hall–Kier alpha value is -1.58.